The molecule has 22 heavy (non-hydrogen) atoms. The lowest BCUT2D eigenvalue weighted by atomic mass is 9.97. The predicted octanol–water partition coefficient (Wildman–Crippen LogP) is 2.02. The summed E-state index contributed by atoms with van der Waals surface area (Å²) in [7, 11) is 0. The van der Waals surface area contributed by atoms with Gasteiger partial charge in [-0.3, -0.25) is 9.59 Å². The zero-order valence-corrected chi connectivity index (χ0v) is 14.0. The van der Waals surface area contributed by atoms with Crippen molar-refractivity contribution in [2.75, 3.05) is 13.1 Å². The fraction of sp³-hybridized carbons (Fsp3) is 0.625. The van der Waals surface area contributed by atoms with Gasteiger partial charge in [-0.2, -0.15) is 0 Å². The van der Waals surface area contributed by atoms with E-state index in [0.29, 0.717) is 30.7 Å². The van der Waals surface area contributed by atoms with Crippen LogP contribution in [0.4, 0.5) is 0 Å². The Morgan fingerprint density at radius 2 is 2.18 bits per heavy atom. The third-order valence-corrected chi connectivity index (χ3v) is 5.31. The SMILES string of the molecule is CCC(O)(CC)CNC(=O)[C@@H]1CCCN1C(=O)c1cccs1. The van der Waals surface area contributed by atoms with Crippen molar-refractivity contribution < 1.29 is 14.7 Å². The largest absolute Gasteiger partial charge is 0.388 e. The average molecular weight is 324 g/mol. The van der Waals surface area contributed by atoms with E-state index in [-0.39, 0.29) is 18.4 Å². The van der Waals surface area contributed by atoms with Gasteiger partial charge in [-0.15, -0.1) is 11.3 Å². The number of carbonyl (C=O) groups is 2. The maximum absolute atomic E-state index is 12.4. The molecule has 1 fully saturated rings. The minimum atomic E-state index is -0.864. The van der Waals surface area contributed by atoms with Gasteiger partial charge < -0.3 is 15.3 Å². The summed E-state index contributed by atoms with van der Waals surface area (Å²) in [4.78, 5) is 27.2. The van der Waals surface area contributed by atoms with Crippen LogP contribution >= 0.6 is 11.3 Å². The molecule has 0 saturated carbocycles. The molecule has 122 valence electrons. The van der Waals surface area contributed by atoms with Gasteiger partial charge in [0.15, 0.2) is 0 Å². The quantitative estimate of drug-likeness (QED) is 0.841. The summed E-state index contributed by atoms with van der Waals surface area (Å²) in [5, 5.41) is 14.9. The van der Waals surface area contributed by atoms with Crippen molar-refractivity contribution >= 4 is 23.2 Å². The third-order valence-electron chi connectivity index (χ3n) is 4.46. The maximum Gasteiger partial charge on any atom is 0.264 e. The van der Waals surface area contributed by atoms with Crippen molar-refractivity contribution in [2.24, 2.45) is 0 Å². The normalized spacial score (nSPS) is 18.5. The zero-order chi connectivity index (χ0) is 16.2. The molecule has 1 aliphatic heterocycles. The first kappa shape index (κ1) is 17.0. The van der Waals surface area contributed by atoms with E-state index in [9.17, 15) is 14.7 Å². The molecule has 1 aromatic rings. The summed E-state index contributed by atoms with van der Waals surface area (Å²) in [6.07, 6.45) is 2.69. The molecule has 6 heteroatoms. The van der Waals surface area contributed by atoms with Gasteiger partial charge in [0.2, 0.25) is 5.91 Å². The lowest BCUT2D eigenvalue weighted by Gasteiger charge is -2.28. The van der Waals surface area contributed by atoms with Gasteiger partial charge >= 0.3 is 0 Å². The van der Waals surface area contributed by atoms with Crippen LogP contribution in [0.1, 0.15) is 49.2 Å². The van der Waals surface area contributed by atoms with Gasteiger partial charge in [0.1, 0.15) is 6.04 Å². The predicted molar refractivity (Wildman–Crippen MR) is 86.9 cm³/mol. The molecule has 5 nitrogen and oxygen atoms in total. The number of thiophene rings is 1. The first-order chi connectivity index (χ1) is 10.5. The number of likely N-dealkylation sites (tertiary alicyclic amines) is 1. The summed E-state index contributed by atoms with van der Waals surface area (Å²) >= 11 is 1.39. The van der Waals surface area contributed by atoms with Gasteiger partial charge in [0.25, 0.3) is 5.91 Å². The highest BCUT2D eigenvalue weighted by Crippen LogP contribution is 2.22. The van der Waals surface area contributed by atoms with Crippen LogP contribution < -0.4 is 5.32 Å². The molecule has 1 aliphatic rings. The third kappa shape index (κ3) is 3.67. The zero-order valence-electron chi connectivity index (χ0n) is 13.2. The molecule has 0 aromatic carbocycles. The Balaban J connectivity index is 1.98. The lowest BCUT2D eigenvalue weighted by Crippen LogP contribution is -2.50. The van der Waals surface area contributed by atoms with E-state index in [1.165, 1.54) is 11.3 Å². The Morgan fingerprint density at radius 1 is 1.45 bits per heavy atom. The van der Waals surface area contributed by atoms with Crippen LogP contribution in [-0.4, -0.2) is 46.6 Å². The van der Waals surface area contributed by atoms with Gasteiger partial charge in [0, 0.05) is 13.1 Å². The summed E-state index contributed by atoms with van der Waals surface area (Å²) < 4.78 is 0. The monoisotopic (exact) mass is 324 g/mol. The van der Waals surface area contributed by atoms with E-state index in [1.54, 1.807) is 11.0 Å². The van der Waals surface area contributed by atoms with Gasteiger partial charge in [-0.25, -0.2) is 0 Å². The van der Waals surface area contributed by atoms with E-state index in [0.717, 1.165) is 6.42 Å². The number of nitrogens with one attached hydrogen (secondary N) is 1. The van der Waals surface area contributed by atoms with Crippen LogP contribution in [0, 0.1) is 0 Å². The lowest BCUT2D eigenvalue weighted by molar-refractivity contribution is -0.126. The van der Waals surface area contributed by atoms with Crippen LogP contribution in [-0.2, 0) is 4.79 Å². The van der Waals surface area contributed by atoms with E-state index in [1.807, 2.05) is 25.3 Å². The second kappa shape index (κ2) is 7.24. The van der Waals surface area contributed by atoms with Crippen LogP contribution in [0.3, 0.4) is 0 Å². The highest BCUT2D eigenvalue weighted by molar-refractivity contribution is 7.12. The summed E-state index contributed by atoms with van der Waals surface area (Å²) in [6.45, 7) is 4.65. The Kier molecular flexibility index (Phi) is 5.58. The maximum atomic E-state index is 12.4. The van der Waals surface area contributed by atoms with Gasteiger partial charge in [-0.1, -0.05) is 19.9 Å². The number of rotatable bonds is 6. The molecule has 0 unspecified atom stereocenters. The van der Waals surface area contributed by atoms with Gasteiger partial charge in [0.05, 0.1) is 10.5 Å². The molecule has 1 saturated heterocycles. The highest BCUT2D eigenvalue weighted by atomic mass is 32.1. The molecule has 2 N–H and O–H groups in total. The molecule has 1 atom stereocenters. The molecular weight excluding hydrogens is 300 g/mol. The topological polar surface area (TPSA) is 69.6 Å². The molecular formula is C16H24N2O3S. The van der Waals surface area contributed by atoms with Crippen molar-refractivity contribution in [2.45, 2.75) is 51.2 Å². The molecule has 2 rings (SSSR count). The number of aliphatic hydroxyl groups is 1. The summed E-state index contributed by atoms with van der Waals surface area (Å²) in [5.41, 5.74) is -0.864. The average Bonchev–Trinajstić information content (AvgIpc) is 3.22. The van der Waals surface area contributed by atoms with Crippen LogP contribution in [0.5, 0.6) is 0 Å². The summed E-state index contributed by atoms with van der Waals surface area (Å²) in [6, 6.07) is 3.20. The fourth-order valence-electron chi connectivity index (χ4n) is 2.69. The number of hydrogen-bond donors (Lipinski definition) is 2. The minimum Gasteiger partial charge on any atom is -0.388 e. The Hall–Kier alpha value is -1.40. The van der Waals surface area contributed by atoms with Crippen LogP contribution in [0.25, 0.3) is 0 Å². The molecule has 0 spiro atoms. The van der Waals surface area contributed by atoms with Crippen LogP contribution in [0.2, 0.25) is 0 Å². The second-order valence-electron chi connectivity index (χ2n) is 5.78. The van der Waals surface area contributed by atoms with E-state index in [2.05, 4.69) is 5.32 Å². The van der Waals surface area contributed by atoms with Crippen molar-refractivity contribution in [3.05, 3.63) is 22.4 Å². The van der Waals surface area contributed by atoms with E-state index >= 15 is 0 Å². The number of nitrogens with zero attached hydrogens (tertiary/aromatic N) is 1. The Labute approximate surface area is 135 Å². The Morgan fingerprint density at radius 3 is 2.77 bits per heavy atom. The standard InChI is InChI=1S/C16H24N2O3S/c1-3-16(21,4-2)11-17-14(19)12-7-5-9-18(12)15(20)13-8-6-10-22-13/h6,8,10,12,21H,3-5,7,9,11H2,1-2H3,(H,17,19)/t12-/m0/s1. The smallest absolute Gasteiger partial charge is 0.264 e. The molecule has 0 radical (unpaired) electrons. The second-order valence-corrected chi connectivity index (χ2v) is 6.73. The first-order valence-electron chi connectivity index (χ1n) is 7.85. The fourth-order valence-corrected chi connectivity index (χ4v) is 3.37. The van der Waals surface area contributed by atoms with Crippen molar-refractivity contribution in [1.29, 1.82) is 0 Å². The first-order valence-corrected chi connectivity index (χ1v) is 8.73. The number of amides is 2. The minimum absolute atomic E-state index is 0.0751. The van der Waals surface area contributed by atoms with E-state index in [4.69, 9.17) is 0 Å². The summed E-state index contributed by atoms with van der Waals surface area (Å²) in [5.74, 6) is -0.239. The molecule has 1 aromatic heterocycles. The highest BCUT2D eigenvalue weighted by Gasteiger charge is 2.35. The number of carbonyl (C=O) groups excluding carboxylic acids is 2. The van der Waals surface area contributed by atoms with Crippen molar-refractivity contribution in [1.82, 2.24) is 10.2 Å². The Bertz CT molecular complexity index is 511. The molecule has 0 bridgehead atoms. The van der Waals surface area contributed by atoms with E-state index < -0.39 is 11.6 Å². The molecule has 2 heterocycles. The van der Waals surface area contributed by atoms with Crippen molar-refractivity contribution in [3.63, 3.8) is 0 Å². The number of hydrogen-bond acceptors (Lipinski definition) is 4. The van der Waals surface area contributed by atoms with Crippen LogP contribution in [0.15, 0.2) is 17.5 Å². The molecule has 2 amide bonds. The van der Waals surface area contributed by atoms with Gasteiger partial charge in [-0.05, 0) is 37.1 Å². The molecule has 0 aliphatic carbocycles. The van der Waals surface area contributed by atoms with Crippen molar-refractivity contribution in [3.8, 4) is 0 Å².